The molecular formula is C30H34N2OS2. The molecular weight excluding hydrogens is 468 g/mol. The van der Waals surface area contributed by atoms with Crippen molar-refractivity contribution in [3.8, 4) is 0 Å². The number of benzene rings is 2. The van der Waals surface area contributed by atoms with E-state index >= 15 is 0 Å². The van der Waals surface area contributed by atoms with Gasteiger partial charge in [-0.05, 0) is 93.6 Å². The second kappa shape index (κ2) is 9.11. The zero-order valence-electron chi connectivity index (χ0n) is 22.0. The van der Waals surface area contributed by atoms with Gasteiger partial charge in [-0.2, -0.15) is 0 Å². The number of carbonyl (C=O) groups excluding carboxylic acids is 1. The highest BCUT2D eigenvalue weighted by Gasteiger charge is 2.42. The lowest BCUT2D eigenvalue weighted by molar-refractivity contribution is -0.122. The standard InChI is InChI=1S/C30H34N2OS2/c1-10-31-28(33)25(35-29(31)34)11-12-26-30(8,9)23-16-22(17(2)3)19(5)15-24(23)32(26)27-20(6)13-18(4)14-21(27)7/h11-16H,2,10H2,1,3-9H3/b25-11-,26-12+. The Morgan fingerprint density at radius 2 is 1.69 bits per heavy atom. The van der Waals surface area contributed by atoms with Crippen LogP contribution in [-0.2, 0) is 10.2 Å². The first-order valence-corrected chi connectivity index (χ1v) is 13.3. The summed E-state index contributed by atoms with van der Waals surface area (Å²) in [6, 6.07) is 9.08. The number of anilines is 2. The minimum Gasteiger partial charge on any atom is -0.312 e. The Hall–Kier alpha value is -2.63. The topological polar surface area (TPSA) is 23.6 Å². The van der Waals surface area contributed by atoms with Gasteiger partial charge in [0.15, 0.2) is 0 Å². The number of thioether (sulfide) groups is 1. The van der Waals surface area contributed by atoms with E-state index < -0.39 is 0 Å². The molecule has 0 aliphatic carbocycles. The highest BCUT2D eigenvalue weighted by Crippen LogP contribution is 2.54. The molecule has 0 atom stereocenters. The van der Waals surface area contributed by atoms with Crippen molar-refractivity contribution < 1.29 is 4.79 Å². The van der Waals surface area contributed by atoms with Gasteiger partial charge in [-0.15, -0.1) is 0 Å². The van der Waals surface area contributed by atoms with Gasteiger partial charge in [-0.3, -0.25) is 9.69 Å². The van der Waals surface area contributed by atoms with Crippen LogP contribution in [0.5, 0.6) is 0 Å². The predicted molar refractivity (Wildman–Crippen MR) is 155 cm³/mol. The first-order chi connectivity index (χ1) is 16.4. The maximum Gasteiger partial charge on any atom is 0.266 e. The van der Waals surface area contributed by atoms with Gasteiger partial charge in [-0.25, -0.2) is 0 Å². The van der Waals surface area contributed by atoms with Gasteiger partial charge in [0.2, 0.25) is 0 Å². The van der Waals surface area contributed by atoms with E-state index in [9.17, 15) is 4.79 Å². The van der Waals surface area contributed by atoms with E-state index in [-0.39, 0.29) is 11.3 Å². The summed E-state index contributed by atoms with van der Waals surface area (Å²) < 4.78 is 0.625. The Bertz CT molecular complexity index is 1320. The molecule has 3 nitrogen and oxygen atoms in total. The Balaban J connectivity index is 1.98. The van der Waals surface area contributed by atoms with Gasteiger partial charge in [0.1, 0.15) is 4.32 Å². The minimum absolute atomic E-state index is 0.0117. The number of carbonyl (C=O) groups is 1. The van der Waals surface area contributed by atoms with E-state index in [0.29, 0.717) is 15.8 Å². The summed E-state index contributed by atoms with van der Waals surface area (Å²) in [5.41, 5.74) is 11.7. The van der Waals surface area contributed by atoms with Crippen molar-refractivity contribution >= 4 is 51.2 Å². The van der Waals surface area contributed by atoms with Gasteiger partial charge in [0.25, 0.3) is 5.91 Å². The average Bonchev–Trinajstić information content (AvgIpc) is 3.14. The quantitative estimate of drug-likeness (QED) is 0.312. The first kappa shape index (κ1) is 25.5. The lowest BCUT2D eigenvalue weighted by Crippen LogP contribution is -2.27. The zero-order chi connectivity index (χ0) is 25.8. The first-order valence-electron chi connectivity index (χ1n) is 12.0. The van der Waals surface area contributed by atoms with E-state index in [0.717, 1.165) is 11.3 Å². The molecule has 1 amide bonds. The second-order valence-corrected chi connectivity index (χ2v) is 11.8. The number of amides is 1. The minimum atomic E-state index is -0.272. The lowest BCUT2D eigenvalue weighted by atomic mass is 9.82. The molecule has 0 aromatic heterocycles. The molecule has 0 N–H and O–H groups in total. The summed E-state index contributed by atoms with van der Waals surface area (Å²) >= 11 is 6.81. The fraction of sp³-hybridized carbons (Fsp3) is 0.333. The SMILES string of the molecule is C=C(C)c1cc2c(cc1C)N(c1c(C)cc(C)cc1C)/C(=C/C=C1\SC(=S)N(CC)C1=O)C2(C)C. The normalized spacial score (nSPS) is 19.3. The monoisotopic (exact) mass is 502 g/mol. The number of aryl methyl sites for hydroxylation is 4. The number of fused-ring (bicyclic) bond motifs is 1. The molecule has 2 aromatic rings. The van der Waals surface area contributed by atoms with Crippen LogP contribution in [0.3, 0.4) is 0 Å². The number of allylic oxidation sites excluding steroid dienone is 4. The third kappa shape index (κ3) is 4.19. The number of thiocarbonyl (C=S) groups is 1. The van der Waals surface area contributed by atoms with E-state index in [4.69, 9.17) is 12.2 Å². The second-order valence-electron chi connectivity index (χ2n) is 10.2. The van der Waals surface area contributed by atoms with Gasteiger partial charge in [0, 0.05) is 17.7 Å². The maximum atomic E-state index is 12.9. The van der Waals surface area contributed by atoms with Crippen LogP contribution in [0, 0.1) is 27.7 Å². The summed E-state index contributed by atoms with van der Waals surface area (Å²) in [4.78, 5) is 17.6. The van der Waals surface area contributed by atoms with E-state index in [1.54, 1.807) is 4.90 Å². The van der Waals surface area contributed by atoms with Crippen molar-refractivity contribution in [3.05, 3.63) is 87.0 Å². The Labute approximate surface area is 219 Å². The molecule has 5 heteroatoms. The summed E-state index contributed by atoms with van der Waals surface area (Å²) in [6.45, 7) is 22.0. The van der Waals surface area contributed by atoms with Crippen molar-refractivity contribution in [2.75, 3.05) is 11.4 Å². The molecule has 2 aliphatic heterocycles. The molecule has 0 radical (unpaired) electrons. The average molecular weight is 503 g/mol. The van der Waals surface area contributed by atoms with Crippen LogP contribution in [-0.4, -0.2) is 21.7 Å². The van der Waals surface area contributed by atoms with Crippen molar-refractivity contribution in [3.63, 3.8) is 0 Å². The molecule has 2 heterocycles. The smallest absolute Gasteiger partial charge is 0.266 e. The van der Waals surface area contributed by atoms with Crippen LogP contribution in [0.2, 0.25) is 0 Å². The fourth-order valence-electron chi connectivity index (χ4n) is 5.38. The molecule has 1 fully saturated rings. The molecule has 0 bridgehead atoms. The number of hydrogen-bond acceptors (Lipinski definition) is 4. The van der Waals surface area contributed by atoms with E-state index in [1.165, 1.54) is 56.5 Å². The van der Waals surface area contributed by atoms with Crippen LogP contribution < -0.4 is 4.90 Å². The van der Waals surface area contributed by atoms with Crippen LogP contribution in [0.15, 0.2) is 53.6 Å². The molecule has 35 heavy (non-hydrogen) atoms. The van der Waals surface area contributed by atoms with Gasteiger partial charge < -0.3 is 4.90 Å². The molecule has 0 spiro atoms. The van der Waals surface area contributed by atoms with Gasteiger partial charge in [0.05, 0.1) is 16.3 Å². The van der Waals surface area contributed by atoms with E-state index in [1.807, 2.05) is 13.0 Å². The van der Waals surface area contributed by atoms with Crippen molar-refractivity contribution in [1.82, 2.24) is 4.90 Å². The molecule has 0 unspecified atom stereocenters. The van der Waals surface area contributed by atoms with Gasteiger partial charge >= 0.3 is 0 Å². The highest BCUT2D eigenvalue weighted by molar-refractivity contribution is 8.26. The highest BCUT2D eigenvalue weighted by atomic mass is 32.2. The predicted octanol–water partition coefficient (Wildman–Crippen LogP) is 8.03. The number of nitrogens with zero attached hydrogens (tertiary/aromatic N) is 2. The van der Waals surface area contributed by atoms with Crippen LogP contribution in [0.25, 0.3) is 5.57 Å². The zero-order valence-corrected chi connectivity index (χ0v) is 23.6. The Kier molecular flexibility index (Phi) is 6.62. The van der Waals surface area contributed by atoms with Gasteiger partial charge in [-0.1, -0.05) is 67.7 Å². The van der Waals surface area contributed by atoms with Crippen molar-refractivity contribution in [2.24, 2.45) is 0 Å². The summed E-state index contributed by atoms with van der Waals surface area (Å²) in [5.74, 6) is -0.0117. The van der Waals surface area contributed by atoms with Crippen LogP contribution in [0.1, 0.15) is 61.1 Å². The Morgan fingerprint density at radius 1 is 1.06 bits per heavy atom. The van der Waals surface area contributed by atoms with Crippen molar-refractivity contribution in [2.45, 2.75) is 60.8 Å². The fourth-order valence-corrected chi connectivity index (χ4v) is 6.70. The summed E-state index contributed by atoms with van der Waals surface area (Å²) in [7, 11) is 0. The number of rotatable bonds is 4. The molecule has 2 aliphatic rings. The van der Waals surface area contributed by atoms with Crippen LogP contribution in [0.4, 0.5) is 11.4 Å². The number of likely N-dealkylation sites (N-methyl/N-ethyl adjacent to an activating group) is 1. The summed E-state index contributed by atoms with van der Waals surface area (Å²) in [5, 5.41) is 0. The molecule has 1 saturated heterocycles. The summed E-state index contributed by atoms with van der Waals surface area (Å²) in [6.07, 6.45) is 4.08. The maximum absolute atomic E-state index is 12.9. The molecule has 0 saturated carbocycles. The Morgan fingerprint density at radius 3 is 2.23 bits per heavy atom. The lowest BCUT2D eigenvalue weighted by Gasteiger charge is -2.30. The molecule has 4 rings (SSSR count). The number of hydrogen-bond donors (Lipinski definition) is 0. The molecule has 182 valence electrons. The van der Waals surface area contributed by atoms with E-state index in [2.05, 4.69) is 90.3 Å². The van der Waals surface area contributed by atoms with Crippen molar-refractivity contribution in [1.29, 1.82) is 0 Å². The largest absolute Gasteiger partial charge is 0.312 e. The van der Waals surface area contributed by atoms with Crippen LogP contribution >= 0.6 is 24.0 Å². The molecule has 2 aromatic carbocycles. The third-order valence-electron chi connectivity index (χ3n) is 7.04. The third-order valence-corrected chi connectivity index (χ3v) is 8.44.